The number of imidazole rings is 1. The van der Waals surface area contributed by atoms with E-state index in [-0.39, 0.29) is 23.9 Å². The quantitative estimate of drug-likeness (QED) is 0.790. The summed E-state index contributed by atoms with van der Waals surface area (Å²) in [4.78, 5) is 18.3. The molecule has 1 fully saturated rings. The number of benzene rings is 1. The molecule has 0 aliphatic carbocycles. The smallest absolute Gasteiger partial charge is 0.410 e. The zero-order chi connectivity index (χ0) is 17.8. The Morgan fingerprint density at radius 1 is 1.36 bits per heavy atom. The van der Waals surface area contributed by atoms with Gasteiger partial charge in [-0.3, -0.25) is 0 Å². The molecular weight excluding hydrogens is 321 g/mol. The number of rotatable bonds is 1. The first kappa shape index (κ1) is 16.1. The molecule has 0 spiro atoms. The van der Waals surface area contributed by atoms with Crippen LogP contribution in [0.5, 0.6) is 0 Å². The first-order valence-corrected chi connectivity index (χ1v) is 8.64. The van der Waals surface area contributed by atoms with E-state index in [4.69, 9.17) is 4.74 Å². The molecule has 5 nitrogen and oxygen atoms in total. The topological polar surface area (TPSA) is 47.4 Å². The molecule has 4 rings (SSSR count). The predicted molar refractivity (Wildman–Crippen MR) is 91.7 cm³/mol. The second-order valence-corrected chi connectivity index (χ2v) is 7.81. The molecule has 1 amide bonds. The maximum absolute atomic E-state index is 14.6. The number of nitrogens with zero attached hydrogens (tertiary/aromatic N) is 3. The van der Waals surface area contributed by atoms with Crippen LogP contribution in [0.15, 0.2) is 30.7 Å². The van der Waals surface area contributed by atoms with Crippen LogP contribution in [0.25, 0.3) is 11.3 Å². The van der Waals surface area contributed by atoms with Gasteiger partial charge in [0.2, 0.25) is 0 Å². The van der Waals surface area contributed by atoms with E-state index < -0.39 is 5.60 Å². The lowest BCUT2D eigenvalue weighted by Gasteiger charge is -2.26. The van der Waals surface area contributed by atoms with Gasteiger partial charge in [-0.25, -0.2) is 14.2 Å². The molecule has 2 atom stereocenters. The van der Waals surface area contributed by atoms with E-state index in [1.165, 1.54) is 6.07 Å². The van der Waals surface area contributed by atoms with Crippen molar-refractivity contribution in [2.24, 2.45) is 5.92 Å². The van der Waals surface area contributed by atoms with Crippen molar-refractivity contribution in [3.63, 3.8) is 0 Å². The Kier molecular flexibility index (Phi) is 3.60. The minimum absolute atomic E-state index is 0.124. The molecule has 0 radical (unpaired) electrons. The predicted octanol–water partition coefficient (Wildman–Crippen LogP) is 3.85. The number of aromatic nitrogens is 2. The van der Waals surface area contributed by atoms with Gasteiger partial charge in [0, 0.05) is 30.1 Å². The maximum Gasteiger partial charge on any atom is 0.410 e. The molecule has 0 saturated carbocycles. The fourth-order valence-electron chi connectivity index (χ4n) is 3.94. The maximum atomic E-state index is 14.6. The van der Waals surface area contributed by atoms with Crippen LogP contribution in [0, 0.1) is 11.7 Å². The molecule has 1 saturated heterocycles. The van der Waals surface area contributed by atoms with E-state index >= 15 is 0 Å². The van der Waals surface area contributed by atoms with E-state index in [0.717, 1.165) is 23.2 Å². The fraction of sp³-hybridized carbons (Fsp3) is 0.474. The second kappa shape index (κ2) is 5.58. The Morgan fingerprint density at radius 2 is 2.16 bits per heavy atom. The minimum Gasteiger partial charge on any atom is -0.444 e. The Morgan fingerprint density at radius 3 is 2.92 bits per heavy atom. The lowest BCUT2D eigenvalue weighted by Crippen LogP contribution is -2.36. The number of amides is 1. The third kappa shape index (κ3) is 2.69. The average Bonchev–Trinajstić information content (AvgIpc) is 3.20. The molecular formula is C19H22FN3O2. The van der Waals surface area contributed by atoms with Crippen LogP contribution in [0.4, 0.5) is 9.18 Å². The third-order valence-electron chi connectivity index (χ3n) is 4.91. The summed E-state index contributed by atoms with van der Waals surface area (Å²) in [5, 5.41) is 0. The number of carbonyl (C=O) groups is 1. The van der Waals surface area contributed by atoms with Gasteiger partial charge in [-0.2, -0.15) is 0 Å². The van der Waals surface area contributed by atoms with Crippen LogP contribution in [0.3, 0.4) is 0 Å². The number of hydrogen-bond acceptors (Lipinski definition) is 3. The van der Waals surface area contributed by atoms with Gasteiger partial charge >= 0.3 is 6.09 Å². The molecule has 25 heavy (non-hydrogen) atoms. The van der Waals surface area contributed by atoms with Crippen molar-refractivity contribution >= 4 is 6.09 Å². The number of fused-ring (bicyclic) bond motifs is 3. The summed E-state index contributed by atoms with van der Waals surface area (Å²) in [7, 11) is 0. The van der Waals surface area contributed by atoms with Crippen molar-refractivity contribution in [2.75, 3.05) is 13.1 Å². The van der Waals surface area contributed by atoms with Crippen molar-refractivity contribution < 1.29 is 13.9 Å². The highest BCUT2D eigenvalue weighted by Gasteiger charge is 2.41. The summed E-state index contributed by atoms with van der Waals surface area (Å²) in [6.45, 7) is 6.77. The largest absolute Gasteiger partial charge is 0.444 e. The summed E-state index contributed by atoms with van der Waals surface area (Å²) >= 11 is 0. The lowest BCUT2D eigenvalue weighted by molar-refractivity contribution is 0.0285. The van der Waals surface area contributed by atoms with Crippen LogP contribution in [-0.4, -0.2) is 39.2 Å². The van der Waals surface area contributed by atoms with Gasteiger partial charge in [0.15, 0.2) is 0 Å². The van der Waals surface area contributed by atoms with Crippen LogP contribution < -0.4 is 0 Å². The van der Waals surface area contributed by atoms with Crippen molar-refractivity contribution in [1.82, 2.24) is 14.5 Å². The van der Waals surface area contributed by atoms with Crippen molar-refractivity contribution in [1.29, 1.82) is 0 Å². The molecule has 3 heterocycles. The molecule has 2 aliphatic heterocycles. The average molecular weight is 343 g/mol. The van der Waals surface area contributed by atoms with Gasteiger partial charge < -0.3 is 14.2 Å². The zero-order valence-electron chi connectivity index (χ0n) is 14.7. The van der Waals surface area contributed by atoms with E-state index in [9.17, 15) is 9.18 Å². The summed E-state index contributed by atoms with van der Waals surface area (Å²) in [5.41, 5.74) is 2.04. The van der Waals surface area contributed by atoms with Gasteiger partial charge in [-0.05, 0) is 33.3 Å². The second-order valence-electron chi connectivity index (χ2n) is 7.81. The van der Waals surface area contributed by atoms with Crippen molar-refractivity contribution in [3.8, 4) is 11.3 Å². The molecule has 2 unspecified atom stereocenters. The van der Waals surface area contributed by atoms with Gasteiger partial charge in [0.05, 0.1) is 24.3 Å². The summed E-state index contributed by atoms with van der Waals surface area (Å²) in [5.74, 6) is -0.0551. The first-order chi connectivity index (χ1) is 11.8. The van der Waals surface area contributed by atoms with Gasteiger partial charge in [-0.15, -0.1) is 0 Å². The summed E-state index contributed by atoms with van der Waals surface area (Å²) < 4.78 is 22.1. The van der Waals surface area contributed by atoms with Crippen LogP contribution >= 0.6 is 0 Å². The summed E-state index contributed by atoms with van der Waals surface area (Å²) in [6, 6.07) is 5.05. The highest BCUT2D eigenvalue weighted by Crippen LogP contribution is 2.46. The highest BCUT2D eigenvalue weighted by molar-refractivity contribution is 5.70. The van der Waals surface area contributed by atoms with Crippen molar-refractivity contribution in [2.45, 2.75) is 38.8 Å². The zero-order valence-corrected chi connectivity index (χ0v) is 14.7. The van der Waals surface area contributed by atoms with Gasteiger partial charge in [0.25, 0.3) is 0 Å². The molecule has 6 heteroatoms. The molecule has 0 N–H and O–H groups in total. The highest BCUT2D eigenvalue weighted by atomic mass is 19.1. The Hall–Kier alpha value is -2.37. The molecule has 1 aromatic carbocycles. The standard InChI is InChI=1S/C19H22FN3O2/c1-19(2,3)25-18(24)22-8-7-12(10-22)17-16-13(5-4-6-14(16)20)15-9-21-11-23(15)17/h4-6,9,11-12,17H,7-8,10H2,1-3H3. The minimum atomic E-state index is -0.515. The summed E-state index contributed by atoms with van der Waals surface area (Å²) in [6.07, 6.45) is 4.05. The van der Waals surface area contributed by atoms with E-state index in [1.54, 1.807) is 23.5 Å². The van der Waals surface area contributed by atoms with Gasteiger partial charge in [0.1, 0.15) is 11.4 Å². The van der Waals surface area contributed by atoms with E-state index in [2.05, 4.69) is 4.98 Å². The SMILES string of the molecule is CC(C)(C)OC(=O)N1CCC(C2c3c(F)cccc3-c3cncn32)C1. The molecule has 2 aromatic rings. The molecule has 2 aliphatic rings. The van der Waals surface area contributed by atoms with Crippen LogP contribution in [-0.2, 0) is 4.74 Å². The van der Waals surface area contributed by atoms with E-state index in [1.807, 2.05) is 31.4 Å². The number of halogens is 1. The number of likely N-dealkylation sites (tertiary alicyclic amines) is 1. The monoisotopic (exact) mass is 343 g/mol. The van der Waals surface area contributed by atoms with Crippen LogP contribution in [0.1, 0.15) is 38.8 Å². The Bertz CT molecular complexity index is 824. The normalized spacial score (nSPS) is 22.0. The molecule has 1 aromatic heterocycles. The first-order valence-electron chi connectivity index (χ1n) is 8.64. The number of carbonyl (C=O) groups excluding carboxylic acids is 1. The third-order valence-corrected chi connectivity index (χ3v) is 4.91. The van der Waals surface area contributed by atoms with Gasteiger partial charge in [-0.1, -0.05) is 12.1 Å². The lowest BCUT2D eigenvalue weighted by atomic mass is 9.91. The molecule has 132 valence electrons. The molecule has 0 bridgehead atoms. The Balaban J connectivity index is 1.61. The number of ether oxygens (including phenoxy) is 1. The Labute approximate surface area is 146 Å². The van der Waals surface area contributed by atoms with Crippen LogP contribution in [0.2, 0.25) is 0 Å². The fourth-order valence-corrected chi connectivity index (χ4v) is 3.94. The van der Waals surface area contributed by atoms with Crippen molar-refractivity contribution in [3.05, 3.63) is 42.1 Å². The number of hydrogen-bond donors (Lipinski definition) is 0. The van der Waals surface area contributed by atoms with E-state index in [0.29, 0.717) is 13.1 Å².